The molecule has 10 aromatic rings. The van der Waals surface area contributed by atoms with Crippen LogP contribution < -0.4 is 0 Å². The molecule has 4 aliphatic carbocycles. The molecule has 0 spiro atoms. The van der Waals surface area contributed by atoms with Gasteiger partial charge in [-0.1, -0.05) is 0 Å². The van der Waals surface area contributed by atoms with Gasteiger partial charge in [-0.25, -0.2) is 0 Å². The monoisotopic (exact) mass is 1100 g/mol. The minimum atomic E-state index is -2.90. The number of allylic oxidation sites excluding steroid dienone is 2. The molecule has 2 fully saturated rings. The molecule has 0 heterocycles. The average molecular weight is 1110 g/mol. The van der Waals surface area contributed by atoms with E-state index in [4.69, 9.17) is 0 Å². The van der Waals surface area contributed by atoms with E-state index in [2.05, 4.69) is 219 Å². The molecule has 0 aliphatic heterocycles. The van der Waals surface area contributed by atoms with Crippen molar-refractivity contribution < 1.29 is 20.9 Å². The number of hydrogen-bond donors (Lipinski definition) is 0. The Balaban J connectivity index is 1.07. The molecule has 2 saturated carbocycles. The summed E-state index contributed by atoms with van der Waals surface area (Å²) in [5.41, 5.74) is 21.5. The van der Waals surface area contributed by atoms with Crippen LogP contribution >= 0.6 is 0 Å². The molecule has 0 nitrogen and oxygen atoms in total. The van der Waals surface area contributed by atoms with E-state index < -0.39 is 26.8 Å². The first-order valence-corrected chi connectivity index (χ1v) is 40.1. The molecular weight excluding hydrogens is 1030 g/mol. The summed E-state index contributed by atoms with van der Waals surface area (Å²) in [5, 5.41) is 10.8. The summed E-state index contributed by atoms with van der Waals surface area (Å²) in [5.74, 6) is 0.0773. The van der Waals surface area contributed by atoms with Gasteiger partial charge < -0.3 is 0 Å². The molecule has 4 aliphatic rings. The fourth-order valence-electron chi connectivity index (χ4n) is 15.6. The standard InChI is InChI=1S/2C37H33.C2H7Si.Zr/c2*1-2-4-12-26(11-3-1)23-27-24-36-34(32-19-9-15-28-13-5-7-17-30(28)32)21-22-35(37(36)25-27)33-20-10-16-29-14-6-8-18-31(29)33;1-3-2;/h2*5-10,13-22,24-26H,1-4,11-12,23H2;3H,1-2H3;. The van der Waals surface area contributed by atoms with Gasteiger partial charge >= 0.3 is 476 Å². The van der Waals surface area contributed by atoms with Gasteiger partial charge in [-0.15, -0.1) is 0 Å². The fourth-order valence-corrected chi connectivity index (χ4v) is 38.4. The molecular formula is C76H73SiZr. The molecule has 0 N–H and O–H groups in total. The van der Waals surface area contributed by atoms with E-state index in [-0.39, 0.29) is 0 Å². The van der Waals surface area contributed by atoms with Crippen LogP contribution in [0, 0.1) is 11.8 Å². The molecule has 0 amide bonds. The van der Waals surface area contributed by atoms with Crippen LogP contribution in [0.15, 0.2) is 205 Å². The SMILES string of the molecule is C[SiH](C)[Zr]([CH]1C(CC2CCCCCC2)=Cc2c(-c3cccc4ccccc34)ccc(-c3cccc4ccccc34)c21)[CH]1C(CC2CCCCCC2)=Cc2c(-c3cccc4ccccc34)ccc(-c3cccc4ccccc34)c21. The summed E-state index contributed by atoms with van der Waals surface area (Å²) >= 11 is -2.90. The van der Waals surface area contributed by atoms with Crippen molar-refractivity contribution in [2.24, 2.45) is 11.8 Å². The van der Waals surface area contributed by atoms with E-state index in [0.717, 1.165) is 11.8 Å². The van der Waals surface area contributed by atoms with Crippen LogP contribution in [-0.2, 0) is 20.9 Å². The van der Waals surface area contributed by atoms with Crippen molar-refractivity contribution in [2.45, 2.75) is 110 Å². The van der Waals surface area contributed by atoms with E-state index in [1.54, 1.807) is 22.3 Å². The summed E-state index contributed by atoms with van der Waals surface area (Å²) in [7, 11) is 0. The van der Waals surface area contributed by atoms with Gasteiger partial charge in [0.2, 0.25) is 0 Å². The topological polar surface area (TPSA) is 0 Å². The van der Waals surface area contributed by atoms with Crippen LogP contribution in [0.3, 0.4) is 0 Å². The molecule has 10 aromatic carbocycles. The number of hydrogen-bond acceptors (Lipinski definition) is 0. The Morgan fingerprint density at radius 1 is 0.321 bits per heavy atom. The van der Waals surface area contributed by atoms with Crippen molar-refractivity contribution in [3.8, 4) is 44.5 Å². The van der Waals surface area contributed by atoms with E-state index >= 15 is 0 Å². The molecule has 0 bridgehead atoms. The van der Waals surface area contributed by atoms with Crippen LogP contribution in [0.4, 0.5) is 0 Å². The normalized spacial score (nSPS) is 18.0. The Kier molecular flexibility index (Phi) is 14.0. The van der Waals surface area contributed by atoms with Gasteiger partial charge in [0.1, 0.15) is 0 Å². The first kappa shape index (κ1) is 50.1. The van der Waals surface area contributed by atoms with Crippen LogP contribution in [0.25, 0.3) is 99.7 Å². The first-order valence-electron chi connectivity index (χ1n) is 30.1. The molecule has 0 aromatic heterocycles. The first-order chi connectivity index (χ1) is 38.6. The Morgan fingerprint density at radius 3 is 0.949 bits per heavy atom. The molecule has 2 atom stereocenters. The van der Waals surface area contributed by atoms with Crippen molar-refractivity contribution in [3.63, 3.8) is 0 Å². The fraction of sp³-hybridized carbons (Fsp3) is 0.263. The molecule has 0 radical (unpaired) electrons. The minimum absolute atomic E-state index is 0.469. The van der Waals surface area contributed by atoms with Crippen molar-refractivity contribution in [1.29, 1.82) is 0 Å². The maximum absolute atomic E-state index is 2.90. The van der Waals surface area contributed by atoms with E-state index in [9.17, 15) is 0 Å². The number of rotatable bonds is 11. The van der Waals surface area contributed by atoms with Gasteiger partial charge in [-0.05, 0) is 0 Å². The van der Waals surface area contributed by atoms with E-state index in [1.165, 1.54) is 189 Å². The van der Waals surface area contributed by atoms with E-state index in [1.807, 2.05) is 0 Å². The third-order valence-corrected chi connectivity index (χ3v) is 40.8. The van der Waals surface area contributed by atoms with Gasteiger partial charge in [0.15, 0.2) is 0 Å². The van der Waals surface area contributed by atoms with Crippen LogP contribution in [0.1, 0.15) is 119 Å². The Bertz CT molecular complexity index is 3670. The summed E-state index contributed by atoms with van der Waals surface area (Å²) in [6.45, 7) is 5.69. The van der Waals surface area contributed by atoms with Gasteiger partial charge in [0.25, 0.3) is 0 Å². The van der Waals surface area contributed by atoms with Crippen LogP contribution in [-0.4, -0.2) is 5.92 Å². The number of benzene rings is 10. The Morgan fingerprint density at radius 2 is 0.615 bits per heavy atom. The Hall–Kier alpha value is -6.18. The zero-order valence-corrected chi connectivity index (χ0v) is 49.5. The second-order valence-corrected chi connectivity index (χ2v) is 44.2. The Labute approximate surface area is 472 Å². The second kappa shape index (κ2) is 21.8. The summed E-state index contributed by atoms with van der Waals surface area (Å²) in [4.78, 5) is 0. The van der Waals surface area contributed by atoms with E-state index in [0.29, 0.717) is 7.25 Å². The molecule has 2 unspecified atom stereocenters. The predicted molar refractivity (Wildman–Crippen MR) is 337 cm³/mol. The van der Waals surface area contributed by atoms with Gasteiger partial charge in [-0.2, -0.15) is 0 Å². The van der Waals surface area contributed by atoms with Crippen molar-refractivity contribution in [2.75, 3.05) is 0 Å². The molecule has 2 heteroatoms. The molecule has 78 heavy (non-hydrogen) atoms. The van der Waals surface area contributed by atoms with Crippen LogP contribution in [0.2, 0.25) is 13.1 Å². The van der Waals surface area contributed by atoms with Crippen molar-refractivity contribution in [3.05, 3.63) is 228 Å². The zero-order chi connectivity index (χ0) is 52.1. The molecule has 0 saturated heterocycles. The zero-order valence-electron chi connectivity index (χ0n) is 45.9. The van der Waals surface area contributed by atoms with Gasteiger partial charge in [-0.3, -0.25) is 0 Å². The summed E-state index contributed by atoms with van der Waals surface area (Å²) in [6, 6.07) is 75.6. The average Bonchev–Trinajstić information content (AvgIpc) is 3.83. The maximum atomic E-state index is 2.87. The number of fused-ring (bicyclic) bond motifs is 6. The van der Waals surface area contributed by atoms with Gasteiger partial charge in [0, 0.05) is 0 Å². The second-order valence-electron chi connectivity index (χ2n) is 24.2. The molecule has 14 rings (SSSR count). The summed E-state index contributed by atoms with van der Waals surface area (Å²) < 4.78 is 0.938. The van der Waals surface area contributed by atoms with Crippen molar-refractivity contribution in [1.82, 2.24) is 0 Å². The predicted octanol–water partition coefficient (Wildman–Crippen LogP) is 21.9. The van der Waals surface area contributed by atoms with Gasteiger partial charge in [0.05, 0.1) is 0 Å². The third kappa shape index (κ3) is 9.18. The quantitative estimate of drug-likeness (QED) is 0.0894. The molecule has 385 valence electrons. The summed E-state index contributed by atoms with van der Waals surface area (Å²) in [6.07, 6.45) is 24.7. The third-order valence-electron chi connectivity index (χ3n) is 19.2. The van der Waals surface area contributed by atoms with Crippen molar-refractivity contribution >= 4 is 61.2 Å². The van der Waals surface area contributed by atoms with Crippen LogP contribution in [0.5, 0.6) is 0 Å².